The average molecular weight is 344 g/mol. The molecule has 25 heavy (non-hydrogen) atoms. The van der Waals surface area contributed by atoms with Gasteiger partial charge in [-0.05, 0) is 24.3 Å². The Morgan fingerprint density at radius 3 is 1.28 bits per heavy atom. The zero-order valence-corrected chi connectivity index (χ0v) is 13.6. The minimum Gasteiger partial charge on any atom is -0.491 e. The Morgan fingerprint density at radius 1 is 0.640 bits per heavy atom. The molecule has 0 atom stereocenters. The molecule has 0 unspecified atom stereocenters. The van der Waals surface area contributed by atoms with Crippen LogP contribution in [0.1, 0.15) is 0 Å². The first-order valence-electron chi connectivity index (χ1n) is 7.29. The number of rotatable bonds is 8. The van der Waals surface area contributed by atoms with Crippen LogP contribution in [0.25, 0.3) is 0 Å². The average Bonchev–Trinajstić information content (AvgIpc) is 2.64. The van der Waals surface area contributed by atoms with Crippen molar-refractivity contribution in [1.82, 2.24) is 0 Å². The van der Waals surface area contributed by atoms with E-state index in [-0.39, 0.29) is 0 Å². The van der Waals surface area contributed by atoms with Crippen molar-refractivity contribution in [2.75, 3.05) is 26.4 Å². The Hall–Kier alpha value is -3.24. The fourth-order valence-corrected chi connectivity index (χ4v) is 1.57. The van der Waals surface area contributed by atoms with Gasteiger partial charge in [-0.3, -0.25) is 0 Å². The Labute approximate surface area is 146 Å². The lowest BCUT2D eigenvalue weighted by Gasteiger charge is -2.08. The van der Waals surface area contributed by atoms with E-state index in [4.69, 9.17) is 34.6 Å². The summed E-state index contributed by atoms with van der Waals surface area (Å²) in [6, 6.07) is 19.4. The summed E-state index contributed by atoms with van der Waals surface area (Å²) in [5.41, 5.74) is 0. The summed E-state index contributed by atoms with van der Waals surface area (Å²) in [6.45, 7) is 2.23. The molecule has 0 aliphatic heterocycles. The van der Waals surface area contributed by atoms with Crippen molar-refractivity contribution in [2.24, 2.45) is 0 Å². The monoisotopic (exact) mass is 344 g/mol. The molecule has 2 aromatic rings. The molecule has 0 amide bonds. The van der Waals surface area contributed by atoms with E-state index in [1.165, 1.54) is 0 Å². The molecule has 0 heterocycles. The SMILES string of the molecule is N=C=O.N=C=O.c1ccc(OCCOCCOc2ccccc2)cc1. The Bertz CT molecular complexity index is 552. The number of carbonyl (C=O) groups excluding carboxylic acids is 2. The highest BCUT2D eigenvalue weighted by molar-refractivity contribution is 5.26. The van der Waals surface area contributed by atoms with Gasteiger partial charge < -0.3 is 14.2 Å². The Morgan fingerprint density at radius 2 is 0.960 bits per heavy atom. The quantitative estimate of drug-likeness (QED) is 0.435. The molecule has 7 nitrogen and oxygen atoms in total. The molecule has 0 aliphatic rings. The van der Waals surface area contributed by atoms with Crippen LogP contribution in [0.2, 0.25) is 0 Å². The van der Waals surface area contributed by atoms with E-state index in [1.54, 1.807) is 0 Å². The van der Waals surface area contributed by atoms with Gasteiger partial charge in [-0.25, -0.2) is 20.4 Å². The molecule has 0 aromatic heterocycles. The predicted molar refractivity (Wildman–Crippen MR) is 91.5 cm³/mol. The second kappa shape index (κ2) is 17.1. The normalized spacial score (nSPS) is 8.32. The van der Waals surface area contributed by atoms with Crippen molar-refractivity contribution in [3.63, 3.8) is 0 Å². The number of isocyanates is 2. The number of nitrogens with one attached hydrogen (secondary N) is 2. The highest BCUT2D eigenvalue weighted by atomic mass is 16.5. The lowest BCUT2D eigenvalue weighted by Crippen LogP contribution is -2.12. The van der Waals surface area contributed by atoms with Gasteiger partial charge >= 0.3 is 0 Å². The summed E-state index contributed by atoms with van der Waals surface area (Å²) >= 11 is 0. The van der Waals surface area contributed by atoms with Crippen molar-refractivity contribution < 1.29 is 23.8 Å². The van der Waals surface area contributed by atoms with E-state index in [9.17, 15) is 0 Å². The third-order valence-electron chi connectivity index (χ3n) is 2.48. The molecule has 0 spiro atoms. The van der Waals surface area contributed by atoms with E-state index in [2.05, 4.69) is 0 Å². The smallest absolute Gasteiger partial charge is 0.231 e. The zero-order chi connectivity index (χ0) is 18.6. The van der Waals surface area contributed by atoms with Crippen LogP contribution in [-0.2, 0) is 14.3 Å². The van der Waals surface area contributed by atoms with Crippen LogP contribution >= 0.6 is 0 Å². The number of hydrogen-bond acceptors (Lipinski definition) is 7. The molecular weight excluding hydrogens is 324 g/mol. The molecular formula is C18H20N2O5. The summed E-state index contributed by atoms with van der Waals surface area (Å²) in [5.74, 6) is 1.73. The first-order chi connectivity index (χ1) is 12.3. The molecule has 0 aliphatic carbocycles. The van der Waals surface area contributed by atoms with Gasteiger partial charge in [0.2, 0.25) is 12.2 Å². The number of para-hydroxylation sites is 2. The van der Waals surface area contributed by atoms with Gasteiger partial charge in [0.25, 0.3) is 0 Å². The molecule has 2 aromatic carbocycles. The van der Waals surface area contributed by atoms with Crippen molar-refractivity contribution in [3.05, 3.63) is 60.7 Å². The summed E-state index contributed by atoms with van der Waals surface area (Å²) < 4.78 is 16.4. The van der Waals surface area contributed by atoms with E-state index in [0.29, 0.717) is 26.4 Å². The summed E-state index contributed by atoms with van der Waals surface area (Å²) in [5, 5.41) is 10.8. The maximum absolute atomic E-state index is 8.35. The molecule has 0 saturated heterocycles. The molecule has 7 heteroatoms. The maximum atomic E-state index is 8.35. The lowest BCUT2D eigenvalue weighted by molar-refractivity contribution is 0.0764. The largest absolute Gasteiger partial charge is 0.491 e. The number of ether oxygens (including phenoxy) is 3. The van der Waals surface area contributed by atoms with E-state index in [1.807, 2.05) is 60.7 Å². The molecule has 0 bridgehead atoms. The Kier molecular flexibility index (Phi) is 14.9. The van der Waals surface area contributed by atoms with Crippen LogP contribution in [0.4, 0.5) is 0 Å². The molecule has 132 valence electrons. The van der Waals surface area contributed by atoms with Crippen LogP contribution in [0, 0.1) is 10.8 Å². The minimum atomic E-state index is 0.551. The van der Waals surface area contributed by atoms with Crippen LogP contribution in [0.5, 0.6) is 11.5 Å². The summed E-state index contributed by atoms with van der Waals surface area (Å²) in [6.07, 6.45) is 1.50. The van der Waals surface area contributed by atoms with Gasteiger partial charge in [-0.2, -0.15) is 0 Å². The number of benzene rings is 2. The van der Waals surface area contributed by atoms with E-state index >= 15 is 0 Å². The molecule has 2 N–H and O–H groups in total. The second-order valence-corrected chi connectivity index (χ2v) is 4.14. The van der Waals surface area contributed by atoms with Crippen LogP contribution in [-0.4, -0.2) is 38.6 Å². The standard InChI is InChI=1S/C16H18O3.2CHNO/c1-3-7-15(8-4-1)18-13-11-17-12-14-19-16-9-5-2-6-10-16;2*2-1-3/h1-10H,11-14H2;2*2H. The van der Waals surface area contributed by atoms with Gasteiger partial charge in [0.1, 0.15) is 24.7 Å². The molecule has 2 rings (SSSR count). The fraction of sp³-hybridized carbons (Fsp3) is 0.222. The fourth-order valence-electron chi connectivity index (χ4n) is 1.57. The van der Waals surface area contributed by atoms with Crippen molar-refractivity contribution in [3.8, 4) is 11.5 Å². The van der Waals surface area contributed by atoms with E-state index in [0.717, 1.165) is 23.7 Å². The molecule has 0 fully saturated rings. The van der Waals surface area contributed by atoms with Crippen LogP contribution < -0.4 is 9.47 Å². The predicted octanol–water partition coefficient (Wildman–Crippen LogP) is 2.96. The van der Waals surface area contributed by atoms with Gasteiger partial charge in [-0.1, -0.05) is 36.4 Å². The third-order valence-corrected chi connectivity index (χ3v) is 2.48. The van der Waals surface area contributed by atoms with Crippen LogP contribution in [0.15, 0.2) is 60.7 Å². The van der Waals surface area contributed by atoms with Gasteiger partial charge in [0, 0.05) is 0 Å². The van der Waals surface area contributed by atoms with Crippen molar-refractivity contribution in [2.45, 2.75) is 0 Å². The van der Waals surface area contributed by atoms with Gasteiger partial charge in [0.15, 0.2) is 0 Å². The minimum absolute atomic E-state index is 0.551. The highest BCUT2D eigenvalue weighted by Gasteiger charge is 1.94. The van der Waals surface area contributed by atoms with Crippen LogP contribution in [0.3, 0.4) is 0 Å². The molecule has 0 saturated carbocycles. The summed E-state index contributed by atoms with van der Waals surface area (Å²) in [7, 11) is 0. The second-order valence-electron chi connectivity index (χ2n) is 4.14. The maximum Gasteiger partial charge on any atom is 0.231 e. The number of hydrogen-bond donors (Lipinski definition) is 2. The zero-order valence-electron chi connectivity index (χ0n) is 13.6. The summed E-state index contributed by atoms with van der Waals surface area (Å²) in [4.78, 5) is 16.7. The third kappa shape index (κ3) is 14.1. The molecule has 0 radical (unpaired) electrons. The van der Waals surface area contributed by atoms with E-state index < -0.39 is 0 Å². The van der Waals surface area contributed by atoms with Crippen molar-refractivity contribution in [1.29, 1.82) is 10.8 Å². The topological polar surface area (TPSA) is 110 Å². The van der Waals surface area contributed by atoms with Gasteiger partial charge in [0.05, 0.1) is 13.2 Å². The van der Waals surface area contributed by atoms with Crippen molar-refractivity contribution >= 4 is 12.2 Å². The highest BCUT2D eigenvalue weighted by Crippen LogP contribution is 2.08. The first-order valence-corrected chi connectivity index (χ1v) is 7.29. The Balaban J connectivity index is 0.000000844. The first kappa shape index (κ1) is 21.8. The lowest BCUT2D eigenvalue weighted by atomic mass is 10.3. The van der Waals surface area contributed by atoms with Gasteiger partial charge in [-0.15, -0.1) is 0 Å².